The van der Waals surface area contributed by atoms with Crippen LogP contribution in [0.3, 0.4) is 0 Å². The zero-order valence-electron chi connectivity index (χ0n) is 13.9. The van der Waals surface area contributed by atoms with E-state index < -0.39 is 0 Å². The highest BCUT2D eigenvalue weighted by molar-refractivity contribution is 5.97. The Hall–Kier alpha value is -3.03. The van der Waals surface area contributed by atoms with Crippen molar-refractivity contribution < 1.29 is 4.79 Å². The van der Waals surface area contributed by atoms with Crippen molar-refractivity contribution in [2.24, 2.45) is 0 Å². The fourth-order valence-corrected chi connectivity index (χ4v) is 2.49. The molecule has 3 rings (SSSR count). The van der Waals surface area contributed by atoms with Gasteiger partial charge in [0.15, 0.2) is 5.82 Å². The second kappa shape index (κ2) is 6.61. The van der Waals surface area contributed by atoms with Gasteiger partial charge in [0.1, 0.15) is 19.0 Å². The number of hydrogen-bond donors (Lipinski definition) is 0. The van der Waals surface area contributed by atoms with E-state index in [4.69, 9.17) is 0 Å². The molecule has 1 aromatic carbocycles. The Bertz CT molecular complexity index is 823. The first-order chi connectivity index (χ1) is 11.6. The third-order valence-corrected chi connectivity index (χ3v) is 3.73. The number of carbonyl (C=O) groups is 1. The van der Waals surface area contributed by atoms with Crippen LogP contribution in [0.4, 0.5) is 0 Å². The van der Waals surface area contributed by atoms with Crippen molar-refractivity contribution in [1.29, 1.82) is 0 Å². The van der Waals surface area contributed by atoms with Crippen LogP contribution in [0.1, 0.15) is 36.1 Å². The van der Waals surface area contributed by atoms with Gasteiger partial charge in [-0.2, -0.15) is 5.10 Å². The average molecular weight is 325 g/mol. The molecule has 3 aromatic rings. The Morgan fingerprint density at radius 2 is 2.04 bits per heavy atom. The molecule has 0 aliphatic rings. The first kappa shape index (κ1) is 15.9. The van der Waals surface area contributed by atoms with Crippen molar-refractivity contribution in [1.82, 2.24) is 34.4 Å². The monoisotopic (exact) mass is 325 g/mol. The van der Waals surface area contributed by atoms with E-state index in [1.807, 2.05) is 22.8 Å². The predicted octanol–water partition coefficient (Wildman–Crippen LogP) is 1.71. The van der Waals surface area contributed by atoms with E-state index in [0.717, 1.165) is 5.82 Å². The van der Waals surface area contributed by atoms with E-state index in [2.05, 4.69) is 34.1 Å². The minimum Gasteiger partial charge on any atom is -0.334 e. The number of aromatic nitrogens is 6. The fourth-order valence-electron chi connectivity index (χ4n) is 2.49. The lowest BCUT2D eigenvalue weighted by Gasteiger charge is -2.19. The molecule has 0 aliphatic heterocycles. The summed E-state index contributed by atoms with van der Waals surface area (Å²) in [7, 11) is 1.75. The van der Waals surface area contributed by atoms with E-state index in [0.29, 0.717) is 17.8 Å². The molecule has 124 valence electrons. The zero-order valence-corrected chi connectivity index (χ0v) is 13.9. The second-order valence-corrected chi connectivity index (χ2v) is 5.77. The minimum absolute atomic E-state index is 0.112. The van der Waals surface area contributed by atoms with Gasteiger partial charge in [-0.05, 0) is 26.0 Å². The summed E-state index contributed by atoms with van der Waals surface area (Å²) in [4.78, 5) is 18.4. The lowest BCUT2D eigenvalue weighted by molar-refractivity contribution is 0.0779. The molecule has 2 aromatic heterocycles. The average Bonchev–Trinajstić information content (AvgIpc) is 3.25. The number of nitrogens with zero attached hydrogens (tertiary/aromatic N) is 7. The molecule has 0 bridgehead atoms. The van der Waals surface area contributed by atoms with Gasteiger partial charge in [0.05, 0.1) is 17.8 Å². The molecule has 0 spiro atoms. The van der Waals surface area contributed by atoms with Gasteiger partial charge in [0.25, 0.3) is 5.91 Å². The lowest BCUT2D eigenvalue weighted by Crippen LogP contribution is -2.29. The summed E-state index contributed by atoms with van der Waals surface area (Å²) in [5, 5.41) is 12.2. The standard InChI is InChI=1S/C16H19N7O/c1-12(2)22-11-18-20-15(22)8-21(3)16(24)13-6-4-5-7-14(13)23-10-17-9-19-23/h4-7,9-12H,8H2,1-3H3. The number of para-hydroxylation sites is 1. The van der Waals surface area contributed by atoms with Crippen molar-refractivity contribution in [3.63, 3.8) is 0 Å². The van der Waals surface area contributed by atoms with Crippen LogP contribution in [0.15, 0.2) is 43.2 Å². The highest BCUT2D eigenvalue weighted by atomic mass is 16.2. The summed E-state index contributed by atoms with van der Waals surface area (Å²) in [6.45, 7) is 4.48. The van der Waals surface area contributed by atoms with Crippen molar-refractivity contribution in [3.05, 3.63) is 54.6 Å². The molecule has 0 aliphatic carbocycles. The second-order valence-electron chi connectivity index (χ2n) is 5.77. The van der Waals surface area contributed by atoms with E-state index in [-0.39, 0.29) is 11.9 Å². The first-order valence-electron chi connectivity index (χ1n) is 7.65. The molecule has 0 fully saturated rings. The highest BCUT2D eigenvalue weighted by Gasteiger charge is 2.19. The zero-order chi connectivity index (χ0) is 17.1. The molecular formula is C16H19N7O. The van der Waals surface area contributed by atoms with E-state index >= 15 is 0 Å². The van der Waals surface area contributed by atoms with Gasteiger partial charge < -0.3 is 9.47 Å². The molecule has 2 heterocycles. The van der Waals surface area contributed by atoms with Crippen LogP contribution >= 0.6 is 0 Å². The Balaban J connectivity index is 1.86. The van der Waals surface area contributed by atoms with Crippen LogP contribution < -0.4 is 0 Å². The van der Waals surface area contributed by atoms with Crippen molar-refractivity contribution >= 4 is 5.91 Å². The van der Waals surface area contributed by atoms with Crippen molar-refractivity contribution in [2.45, 2.75) is 26.4 Å². The summed E-state index contributed by atoms with van der Waals surface area (Å²) >= 11 is 0. The quantitative estimate of drug-likeness (QED) is 0.713. The Morgan fingerprint density at radius 1 is 1.25 bits per heavy atom. The third-order valence-electron chi connectivity index (χ3n) is 3.73. The first-order valence-corrected chi connectivity index (χ1v) is 7.65. The van der Waals surface area contributed by atoms with Crippen LogP contribution in [0.2, 0.25) is 0 Å². The summed E-state index contributed by atoms with van der Waals surface area (Å²) in [6.07, 6.45) is 4.69. The van der Waals surface area contributed by atoms with Crippen LogP contribution in [-0.4, -0.2) is 47.4 Å². The summed E-state index contributed by atoms with van der Waals surface area (Å²) < 4.78 is 3.53. The molecule has 0 saturated heterocycles. The van der Waals surface area contributed by atoms with Gasteiger partial charge in [-0.1, -0.05) is 12.1 Å². The summed E-state index contributed by atoms with van der Waals surface area (Å²) in [5.74, 6) is 0.637. The van der Waals surface area contributed by atoms with Gasteiger partial charge in [-0.15, -0.1) is 10.2 Å². The lowest BCUT2D eigenvalue weighted by atomic mass is 10.1. The molecule has 24 heavy (non-hydrogen) atoms. The van der Waals surface area contributed by atoms with Gasteiger partial charge in [0, 0.05) is 13.1 Å². The van der Waals surface area contributed by atoms with Crippen LogP contribution in [0, 0.1) is 0 Å². The normalized spacial score (nSPS) is 11.0. The van der Waals surface area contributed by atoms with E-state index in [1.165, 1.54) is 6.33 Å². The smallest absolute Gasteiger partial charge is 0.256 e. The van der Waals surface area contributed by atoms with Gasteiger partial charge in [-0.3, -0.25) is 4.79 Å². The van der Waals surface area contributed by atoms with Crippen molar-refractivity contribution in [3.8, 4) is 5.69 Å². The number of hydrogen-bond acceptors (Lipinski definition) is 5. The largest absolute Gasteiger partial charge is 0.334 e. The van der Waals surface area contributed by atoms with Crippen LogP contribution in [-0.2, 0) is 6.54 Å². The maximum atomic E-state index is 12.9. The Kier molecular flexibility index (Phi) is 4.37. The number of rotatable bonds is 5. The maximum absolute atomic E-state index is 12.9. The van der Waals surface area contributed by atoms with Crippen LogP contribution in [0.5, 0.6) is 0 Å². The van der Waals surface area contributed by atoms with Gasteiger partial charge in [-0.25, -0.2) is 9.67 Å². The summed E-state index contributed by atoms with van der Waals surface area (Å²) in [5.41, 5.74) is 1.25. The molecule has 0 unspecified atom stereocenters. The van der Waals surface area contributed by atoms with Crippen LogP contribution in [0.25, 0.3) is 5.69 Å². The Morgan fingerprint density at radius 3 is 2.75 bits per heavy atom. The van der Waals surface area contributed by atoms with E-state index in [9.17, 15) is 4.79 Å². The Labute approximate surface area is 139 Å². The molecule has 0 radical (unpaired) electrons. The molecule has 0 N–H and O–H groups in total. The summed E-state index contributed by atoms with van der Waals surface area (Å²) in [6, 6.07) is 7.55. The topological polar surface area (TPSA) is 81.7 Å². The minimum atomic E-state index is -0.112. The molecular weight excluding hydrogens is 306 g/mol. The van der Waals surface area contributed by atoms with Crippen molar-refractivity contribution in [2.75, 3.05) is 7.05 Å². The molecule has 0 saturated carbocycles. The molecule has 1 amide bonds. The fraction of sp³-hybridized carbons (Fsp3) is 0.312. The molecule has 8 heteroatoms. The maximum Gasteiger partial charge on any atom is 0.256 e. The molecule has 8 nitrogen and oxygen atoms in total. The number of benzene rings is 1. The SMILES string of the molecule is CC(C)n1cnnc1CN(C)C(=O)c1ccccc1-n1cncn1. The van der Waals surface area contributed by atoms with Gasteiger partial charge in [0.2, 0.25) is 0 Å². The molecule has 0 atom stereocenters. The highest BCUT2D eigenvalue weighted by Crippen LogP contribution is 2.16. The van der Waals surface area contributed by atoms with E-state index in [1.54, 1.807) is 35.4 Å². The third kappa shape index (κ3) is 3.03. The number of carbonyl (C=O) groups excluding carboxylic acids is 1. The number of amides is 1. The van der Waals surface area contributed by atoms with Gasteiger partial charge >= 0.3 is 0 Å². The predicted molar refractivity (Wildman–Crippen MR) is 87.6 cm³/mol.